The van der Waals surface area contributed by atoms with Crippen LogP contribution in [0.3, 0.4) is 0 Å². The Morgan fingerprint density at radius 1 is 1.17 bits per heavy atom. The highest BCUT2D eigenvalue weighted by Crippen LogP contribution is 2.16. The predicted molar refractivity (Wildman–Crippen MR) is 73.7 cm³/mol. The zero-order valence-electron chi connectivity index (χ0n) is 10.9. The van der Waals surface area contributed by atoms with Crippen molar-refractivity contribution in [2.45, 2.75) is 33.1 Å². The van der Waals surface area contributed by atoms with Crippen LogP contribution in [0.4, 0.5) is 0 Å². The third kappa shape index (κ3) is 2.86. The molecule has 0 amide bonds. The number of rotatable bonds is 4. The number of aromatic nitrogens is 2. The second kappa shape index (κ2) is 5.63. The second-order valence-corrected chi connectivity index (χ2v) is 4.38. The normalized spacial score (nSPS) is 10.6. The lowest BCUT2D eigenvalue weighted by Crippen LogP contribution is -2.10. The summed E-state index contributed by atoms with van der Waals surface area (Å²) in [4.78, 5) is 18.9. The van der Waals surface area contributed by atoms with E-state index in [1.165, 1.54) is 5.56 Å². The number of hydrogen-bond donors (Lipinski definition) is 1. The van der Waals surface area contributed by atoms with Crippen LogP contribution in [0.5, 0.6) is 0 Å². The topological polar surface area (TPSA) is 45.8 Å². The van der Waals surface area contributed by atoms with Crippen molar-refractivity contribution >= 4 is 0 Å². The van der Waals surface area contributed by atoms with Gasteiger partial charge in [0, 0.05) is 18.1 Å². The van der Waals surface area contributed by atoms with Crippen LogP contribution < -0.4 is 5.56 Å². The molecule has 0 saturated carbocycles. The fourth-order valence-electron chi connectivity index (χ4n) is 1.92. The van der Waals surface area contributed by atoms with Crippen molar-refractivity contribution in [3.05, 3.63) is 52.1 Å². The van der Waals surface area contributed by atoms with Gasteiger partial charge in [-0.2, -0.15) is 0 Å². The second-order valence-electron chi connectivity index (χ2n) is 4.38. The van der Waals surface area contributed by atoms with Crippen molar-refractivity contribution < 1.29 is 0 Å². The quantitative estimate of drug-likeness (QED) is 0.896. The van der Waals surface area contributed by atoms with Crippen LogP contribution in [-0.2, 0) is 12.8 Å². The number of nitrogens with zero attached hydrogens (tertiary/aromatic N) is 1. The van der Waals surface area contributed by atoms with Gasteiger partial charge in [-0.05, 0) is 18.4 Å². The zero-order valence-corrected chi connectivity index (χ0v) is 10.9. The zero-order chi connectivity index (χ0) is 13.0. The van der Waals surface area contributed by atoms with E-state index in [-0.39, 0.29) is 5.56 Å². The summed E-state index contributed by atoms with van der Waals surface area (Å²) in [6.07, 6.45) is 2.79. The van der Waals surface area contributed by atoms with E-state index in [0.29, 0.717) is 0 Å². The highest BCUT2D eigenvalue weighted by molar-refractivity contribution is 5.58. The molecule has 0 saturated heterocycles. The molecule has 0 spiro atoms. The van der Waals surface area contributed by atoms with Crippen molar-refractivity contribution in [2.75, 3.05) is 0 Å². The van der Waals surface area contributed by atoms with Gasteiger partial charge in [0.05, 0.1) is 5.69 Å². The summed E-state index contributed by atoms with van der Waals surface area (Å²) in [5, 5.41) is 0. The molecule has 3 heteroatoms. The largest absolute Gasteiger partial charge is 0.311 e. The van der Waals surface area contributed by atoms with E-state index in [0.717, 1.165) is 36.3 Å². The number of nitrogens with one attached hydrogen (secondary N) is 1. The van der Waals surface area contributed by atoms with Gasteiger partial charge in [0.1, 0.15) is 5.82 Å². The predicted octanol–water partition coefficient (Wildman–Crippen LogP) is 2.95. The van der Waals surface area contributed by atoms with Crippen molar-refractivity contribution in [3.63, 3.8) is 0 Å². The Kier molecular flexibility index (Phi) is 3.92. The molecule has 1 aromatic heterocycles. The minimum Gasteiger partial charge on any atom is -0.311 e. The molecule has 1 N–H and O–H groups in total. The molecule has 1 heterocycles. The Hall–Kier alpha value is -1.90. The fraction of sp³-hybridized carbons (Fsp3) is 0.333. The molecular formula is C15H18N2O. The Balaban J connectivity index is 2.39. The molecule has 0 unspecified atom stereocenters. The number of aromatic amines is 1. The molecular weight excluding hydrogens is 224 g/mol. The van der Waals surface area contributed by atoms with Crippen LogP contribution in [0.2, 0.25) is 0 Å². The SMILES string of the molecule is CCCc1nc(-c2ccc(CC)cc2)cc(=O)[nH]1. The minimum absolute atomic E-state index is 0.0805. The molecule has 0 radical (unpaired) electrons. The molecule has 0 aliphatic carbocycles. The third-order valence-electron chi connectivity index (χ3n) is 2.94. The lowest BCUT2D eigenvalue weighted by Gasteiger charge is -2.04. The first-order chi connectivity index (χ1) is 8.72. The molecule has 2 aromatic rings. The van der Waals surface area contributed by atoms with E-state index < -0.39 is 0 Å². The first-order valence-corrected chi connectivity index (χ1v) is 6.42. The average Bonchev–Trinajstić information content (AvgIpc) is 2.38. The summed E-state index contributed by atoms with van der Waals surface area (Å²) in [5.74, 6) is 0.763. The van der Waals surface area contributed by atoms with Gasteiger partial charge < -0.3 is 4.98 Å². The van der Waals surface area contributed by atoms with Crippen molar-refractivity contribution in [1.29, 1.82) is 0 Å². The maximum atomic E-state index is 11.6. The number of benzene rings is 1. The average molecular weight is 242 g/mol. The highest BCUT2D eigenvalue weighted by atomic mass is 16.1. The minimum atomic E-state index is -0.0805. The van der Waals surface area contributed by atoms with Gasteiger partial charge in [0.2, 0.25) is 0 Å². The molecule has 0 fully saturated rings. The van der Waals surface area contributed by atoms with E-state index in [4.69, 9.17) is 0 Å². The van der Waals surface area contributed by atoms with Gasteiger partial charge in [-0.25, -0.2) is 4.98 Å². The standard InChI is InChI=1S/C15H18N2O/c1-3-5-14-16-13(10-15(18)17-14)12-8-6-11(4-2)7-9-12/h6-10H,3-5H2,1-2H3,(H,16,17,18). The third-order valence-corrected chi connectivity index (χ3v) is 2.94. The van der Waals surface area contributed by atoms with Gasteiger partial charge in [0.25, 0.3) is 5.56 Å². The molecule has 0 atom stereocenters. The Morgan fingerprint density at radius 2 is 1.89 bits per heavy atom. The Morgan fingerprint density at radius 3 is 2.50 bits per heavy atom. The summed E-state index contributed by atoms with van der Waals surface area (Å²) in [5.41, 5.74) is 2.96. The maximum Gasteiger partial charge on any atom is 0.251 e. The molecule has 3 nitrogen and oxygen atoms in total. The first-order valence-electron chi connectivity index (χ1n) is 6.42. The first kappa shape index (κ1) is 12.6. The van der Waals surface area contributed by atoms with E-state index >= 15 is 0 Å². The van der Waals surface area contributed by atoms with Gasteiger partial charge in [-0.15, -0.1) is 0 Å². The van der Waals surface area contributed by atoms with Crippen LogP contribution >= 0.6 is 0 Å². The Labute approximate surface area is 107 Å². The van der Waals surface area contributed by atoms with Crippen molar-refractivity contribution in [1.82, 2.24) is 9.97 Å². The summed E-state index contributed by atoms with van der Waals surface area (Å²) < 4.78 is 0. The summed E-state index contributed by atoms with van der Waals surface area (Å²) in [7, 11) is 0. The van der Waals surface area contributed by atoms with Gasteiger partial charge in [-0.1, -0.05) is 38.1 Å². The lowest BCUT2D eigenvalue weighted by atomic mass is 10.1. The smallest absolute Gasteiger partial charge is 0.251 e. The molecule has 0 aliphatic heterocycles. The summed E-state index contributed by atoms with van der Waals surface area (Å²) in [6, 6.07) is 9.77. The molecule has 0 bridgehead atoms. The number of H-pyrrole nitrogens is 1. The summed E-state index contributed by atoms with van der Waals surface area (Å²) >= 11 is 0. The van der Waals surface area contributed by atoms with Gasteiger partial charge in [-0.3, -0.25) is 4.79 Å². The maximum absolute atomic E-state index is 11.6. The number of hydrogen-bond acceptors (Lipinski definition) is 2. The van der Waals surface area contributed by atoms with Crippen LogP contribution in [0, 0.1) is 0 Å². The lowest BCUT2D eigenvalue weighted by molar-refractivity contribution is 0.827. The van der Waals surface area contributed by atoms with Crippen LogP contribution in [0.15, 0.2) is 35.1 Å². The van der Waals surface area contributed by atoms with Gasteiger partial charge in [0.15, 0.2) is 0 Å². The van der Waals surface area contributed by atoms with Crippen molar-refractivity contribution in [2.24, 2.45) is 0 Å². The van der Waals surface area contributed by atoms with Crippen LogP contribution in [0.1, 0.15) is 31.7 Å². The van der Waals surface area contributed by atoms with Crippen LogP contribution in [-0.4, -0.2) is 9.97 Å². The molecule has 18 heavy (non-hydrogen) atoms. The highest BCUT2D eigenvalue weighted by Gasteiger charge is 2.03. The molecule has 2 rings (SSSR count). The monoisotopic (exact) mass is 242 g/mol. The Bertz CT molecular complexity index is 570. The van der Waals surface area contributed by atoms with E-state index in [1.54, 1.807) is 6.07 Å². The van der Waals surface area contributed by atoms with E-state index in [2.05, 4.69) is 35.9 Å². The van der Waals surface area contributed by atoms with Gasteiger partial charge >= 0.3 is 0 Å². The molecule has 1 aromatic carbocycles. The fourth-order valence-corrected chi connectivity index (χ4v) is 1.92. The molecule has 0 aliphatic rings. The van der Waals surface area contributed by atoms with Crippen molar-refractivity contribution in [3.8, 4) is 11.3 Å². The van der Waals surface area contributed by atoms with Crippen LogP contribution in [0.25, 0.3) is 11.3 Å². The van der Waals surface area contributed by atoms with E-state index in [9.17, 15) is 4.79 Å². The summed E-state index contributed by atoms with van der Waals surface area (Å²) in [6.45, 7) is 4.20. The number of aryl methyl sites for hydroxylation is 2. The molecule has 94 valence electrons. The van der Waals surface area contributed by atoms with E-state index in [1.807, 2.05) is 12.1 Å².